The number of fused-ring (bicyclic) bond motifs is 1. The van der Waals surface area contributed by atoms with Crippen molar-refractivity contribution in [3.8, 4) is 5.75 Å². The maximum atomic E-state index is 6.40. The van der Waals surface area contributed by atoms with Gasteiger partial charge in [-0.2, -0.15) is 0 Å². The van der Waals surface area contributed by atoms with Crippen molar-refractivity contribution >= 4 is 28.9 Å². The molecule has 0 fully saturated rings. The van der Waals surface area contributed by atoms with Gasteiger partial charge in [-0.1, -0.05) is 64.8 Å². The highest BCUT2D eigenvalue weighted by molar-refractivity contribution is 6.41. The zero-order valence-electron chi connectivity index (χ0n) is 13.9. The molecule has 3 nitrogen and oxygen atoms in total. The van der Waals surface area contributed by atoms with E-state index in [4.69, 9.17) is 32.8 Å². The van der Waals surface area contributed by atoms with Crippen molar-refractivity contribution in [1.82, 2.24) is 0 Å². The molecular weight excluding hydrogens is 369 g/mol. The third-order valence-corrected chi connectivity index (χ3v) is 4.98. The summed E-state index contributed by atoms with van der Waals surface area (Å²) in [6.07, 6.45) is -0.327. The molecule has 1 aliphatic heterocycles. The van der Waals surface area contributed by atoms with Crippen LogP contribution in [0, 0.1) is 0 Å². The minimum absolute atomic E-state index is 0.327. The number of hydrogen-bond acceptors (Lipinski definition) is 3. The fraction of sp³-hybridized carbons (Fsp3) is 0.0952. The molecule has 1 unspecified atom stereocenters. The summed E-state index contributed by atoms with van der Waals surface area (Å²) < 4.78 is 5.41. The molecule has 3 aromatic rings. The molecule has 1 heterocycles. The Hall–Kier alpha value is -2.49. The minimum Gasteiger partial charge on any atom is -0.497 e. The average Bonchev–Trinajstić information content (AvgIpc) is 2.68. The lowest BCUT2D eigenvalue weighted by Crippen LogP contribution is -2.19. The van der Waals surface area contributed by atoms with Crippen molar-refractivity contribution in [3.05, 3.63) is 99.0 Å². The Labute approximate surface area is 161 Å². The molecule has 0 amide bonds. The van der Waals surface area contributed by atoms with E-state index in [1.54, 1.807) is 25.3 Å². The highest BCUT2D eigenvalue weighted by Gasteiger charge is 2.29. The van der Waals surface area contributed by atoms with Crippen LogP contribution in [0.25, 0.3) is 0 Å². The smallest absolute Gasteiger partial charge is 0.178 e. The zero-order chi connectivity index (χ0) is 18.1. The SMILES string of the molecule is COc1ccc2c(c1)C(c1ccccc1)ON=C2c1c(Cl)cccc1Cl. The van der Waals surface area contributed by atoms with Gasteiger partial charge in [0, 0.05) is 16.7 Å². The number of benzene rings is 3. The van der Waals surface area contributed by atoms with E-state index in [1.165, 1.54) is 0 Å². The third kappa shape index (κ3) is 2.94. The molecule has 130 valence electrons. The standard InChI is InChI=1S/C21H15Cl2NO2/c1-25-14-10-11-15-16(12-14)21(13-6-3-2-4-7-13)26-24-20(15)19-17(22)8-5-9-18(19)23/h2-12,21H,1H3. The molecule has 4 rings (SSSR count). The summed E-state index contributed by atoms with van der Waals surface area (Å²) in [7, 11) is 1.64. The highest BCUT2D eigenvalue weighted by atomic mass is 35.5. The molecule has 0 bridgehead atoms. The molecule has 0 spiro atoms. The largest absolute Gasteiger partial charge is 0.497 e. The van der Waals surface area contributed by atoms with Crippen molar-refractivity contribution in [3.63, 3.8) is 0 Å². The third-order valence-electron chi connectivity index (χ3n) is 4.35. The molecular formula is C21H15Cl2NO2. The summed E-state index contributed by atoms with van der Waals surface area (Å²) in [5.41, 5.74) is 4.16. The van der Waals surface area contributed by atoms with Gasteiger partial charge in [0.15, 0.2) is 6.10 Å². The number of hydrogen-bond donors (Lipinski definition) is 0. The van der Waals surface area contributed by atoms with Crippen LogP contribution in [0.4, 0.5) is 0 Å². The highest BCUT2D eigenvalue weighted by Crippen LogP contribution is 2.38. The predicted molar refractivity (Wildman–Crippen MR) is 104 cm³/mol. The monoisotopic (exact) mass is 383 g/mol. The van der Waals surface area contributed by atoms with Gasteiger partial charge < -0.3 is 9.57 Å². The van der Waals surface area contributed by atoms with Crippen LogP contribution < -0.4 is 4.74 Å². The van der Waals surface area contributed by atoms with Crippen molar-refractivity contribution in [1.29, 1.82) is 0 Å². The predicted octanol–water partition coefficient (Wildman–Crippen LogP) is 5.87. The van der Waals surface area contributed by atoms with Gasteiger partial charge in [0.25, 0.3) is 0 Å². The van der Waals surface area contributed by atoms with Gasteiger partial charge in [-0.25, -0.2) is 0 Å². The molecule has 1 atom stereocenters. The van der Waals surface area contributed by atoms with Gasteiger partial charge >= 0.3 is 0 Å². The summed E-state index contributed by atoms with van der Waals surface area (Å²) in [6, 6.07) is 21.1. The molecule has 26 heavy (non-hydrogen) atoms. The first-order chi connectivity index (χ1) is 12.7. The first-order valence-corrected chi connectivity index (χ1v) is 8.86. The number of halogens is 2. The second-order valence-corrected chi connectivity index (χ2v) is 6.70. The summed E-state index contributed by atoms with van der Waals surface area (Å²) in [5.74, 6) is 0.750. The maximum Gasteiger partial charge on any atom is 0.178 e. The molecule has 0 saturated heterocycles. The minimum atomic E-state index is -0.327. The molecule has 1 aliphatic rings. The van der Waals surface area contributed by atoms with Crippen molar-refractivity contribution in [2.24, 2.45) is 5.16 Å². The number of rotatable bonds is 3. The first-order valence-electron chi connectivity index (χ1n) is 8.10. The molecule has 0 aromatic heterocycles. The van der Waals surface area contributed by atoms with Gasteiger partial charge in [-0.05, 0) is 35.9 Å². The molecule has 3 aromatic carbocycles. The van der Waals surface area contributed by atoms with E-state index in [0.717, 1.165) is 22.4 Å². The van der Waals surface area contributed by atoms with Crippen LogP contribution in [0.2, 0.25) is 10.0 Å². The van der Waals surface area contributed by atoms with Gasteiger partial charge in [0.2, 0.25) is 0 Å². The summed E-state index contributed by atoms with van der Waals surface area (Å²) >= 11 is 12.8. The molecule has 0 radical (unpaired) electrons. The zero-order valence-corrected chi connectivity index (χ0v) is 15.5. The van der Waals surface area contributed by atoms with Crippen molar-refractivity contribution in [2.75, 3.05) is 7.11 Å². The molecule has 0 saturated carbocycles. The summed E-state index contributed by atoms with van der Waals surface area (Å²) in [5, 5.41) is 5.44. The summed E-state index contributed by atoms with van der Waals surface area (Å²) in [4.78, 5) is 5.88. The van der Waals surface area contributed by atoms with E-state index >= 15 is 0 Å². The number of methoxy groups -OCH3 is 1. The Bertz CT molecular complexity index is 966. The van der Waals surface area contributed by atoms with Gasteiger partial charge in [0.1, 0.15) is 11.5 Å². The van der Waals surface area contributed by atoms with Crippen LogP contribution in [0.5, 0.6) is 5.75 Å². The Kier molecular flexibility index (Phi) is 4.58. The number of oxime groups is 1. The lowest BCUT2D eigenvalue weighted by Gasteiger charge is -2.26. The Balaban J connectivity index is 1.90. The Morgan fingerprint density at radius 3 is 2.35 bits per heavy atom. The lowest BCUT2D eigenvalue weighted by molar-refractivity contribution is 0.0830. The number of nitrogens with zero attached hydrogens (tertiary/aromatic N) is 1. The number of ether oxygens (including phenoxy) is 1. The molecule has 0 N–H and O–H groups in total. The van der Waals surface area contributed by atoms with Gasteiger partial charge in [-0.3, -0.25) is 0 Å². The van der Waals surface area contributed by atoms with Gasteiger partial charge in [0.05, 0.1) is 17.2 Å². The lowest BCUT2D eigenvalue weighted by atomic mass is 9.90. The van der Waals surface area contributed by atoms with E-state index in [0.29, 0.717) is 21.3 Å². The van der Waals surface area contributed by atoms with E-state index in [-0.39, 0.29) is 6.10 Å². The van der Waals surface area contributed by atoms with Crippen LogP contribution in [0.1, 0.15) is 28.4 Å². The maximum absolute atomic E-state index is 6.40. The quantitative estimate of drug-likeness (QED) is 0.565. The van der Waals surface area contributed by atoms with E-state index in [9.17, 15) is 0 Å². The molecule has 0 aliphatic carbocycles. The van der Waals surface area contributed by atoms with Crippen LogP contribution in [-0.4, -0.2) is 12.8 Å². The normalized spacial score (nSPS) is 15.7. The van der Waals surface area contributed by atoms with Crippen LogP contribution in [-0.2, 0) is 4.84 Å². The fourth-order valence-electron chi connectivity index (χ4n) is 3.08. The van der Waals surface area contributed by atoms with E-state index < -0.39 is 0 Å². The fourth-order valence-corrected chi connectivity index (χ4v) is 3.66. The Morgan fingerprint density at radius 2 is 1.65 bits per heavy atom. The summed E-state index contributed by atoms with van der Waals surface area (Å²) in [6.45, 7) is 0. The second-order valence-electron chi connectivity index (χ2n) is 5.89. The molecule has 5 heteroatoms. The van der Waals surface area contributed by atoms with Crippen molar-refractivity contribution < 1.29 is 9.57 Å². The van der Waals surface area contributed by atoms with Crippen LogP contribution in [0.15, 0.2) is 71.9 Å². The average molecular weight is 384 g/mol. The Morgan fingerprint density at radius 1 is 0.923 bits per heavy atom. The second kappa shape index (κ2) is 7.02. The van der Waals surface area contributed by atoms with E-state index in [2.05, 4.69) is 5.16 Å². The van der Waals surface area contributed by atoms with Crippen LogP contribution >= 0.6 is 23.2 Å². The van der Waals surface area contributed by atoms with Crippen molar-refractivity contribution in [2.45, 2.75) is 6.10 Å². The van der Waals surface area contributed by atoms with E-state index in [1.807, 2.05) is 48.5 Å². The topological polar surface area (TPSA) is 30.8 Å². The first kappa shape index (κ1) is 17.0. The van der Waals surface area contributed by atoms with Crippen LogP contribution in [0.3, 0.4) is 0 Å². The van der Waals surface area contributed by atoms with Gasteiger partial charge in [-0.15, -0.1) is 0 Å².